The highest BCUT2D eigenvalue weighted by atomic mass is 16.5. The summed E-state index contributed by atoms with van der Waals surface area (Å²) in [6.07, 6.45) is 0.0232. The van der Waals surface area contributed by atoms with Gasteiger partial charge in [0.1, 0.15) is 11.5 Å². The average molecular weight is 493 g/mol. The van der Waals surface area contributed by atoms with E-state index in [1.54, 1.807) is 29.2 Å². The van der Waals surface area contributed by atoms with E-state index in [4.69, 9.17) is 9.47 Å². The second-order valence-corrected chi connectivity index (χ2v) is 9.96. The highest BCUT2D eigenvalue weighted by molar-refractivity contribution is 6.46. The van der Waals surface area contributed by atoms with E-state index in [1.165, 1.54) is 5.56 Å². The van der Waals surface area contributed by atoms with Gasteiger partial charge in [0.25, 0.3) is 11.7 Å². The van der Waals surface area contributed by atoms with Gasteiger partial charge < -0.3 is 19.5 Å². The van der Waals surface area contributed by atoms with Crippen molar-refractivity contribution in [1.29, 1.82) is 0 Å². The normalized spacial score (nSPS) is 20.5. The highest BCUT2D eigenvalue weighted by Gasteiger charge is 2.46. The number of nitrogens with zero attached hydrogens (tertiary/aromatic N) is 2. The van der Waals surface area contributed by atoms with Crippen molar-refractivity contribution in [2.45, 2.75) is 45.8 Å². The van der Waals surface area contributed by atoms with E-state index in [-0.39, 0.29) is 17.4 Å². The van der Waals surface area contributed by atoms with Crippen molar-refractivity contribution in [3.63, 3.8) is 0 Å². The minimum atomic E-state index is -0.657. The van der Waals surface area contributed by atoms with Gasteiger partial charge in [-0.1, -0.05) is 38.1 Å². The number of aliphatic hydroxyl groups is 1. The topological polar surface area (TPSA) is 79.3 Å². The lowest BCUT2D eigenvalue weighted by atomic mass is 9.93. The summed E-state index contributed by atoms with van der Waals surface area (Å²) >= 11 is 0. The summed E-state index contributed by atoms with van der Waals surface area (Å²) in [5.41, 5.74) is 2.57. The fourth-order valence-corrected chi connectivity index (χ4v) is 4.71. The van der Waals surface area contributed by atoms with E-state index >= 15 is 0 Å². The third kappa shape index (κ3) is 5.63. The predicted octanol–water partition coefficient (Wildman–Crippen LogP) is 4.35. The number of ether oxygens (including phenoxy) is 2. The van der Waals surface area contributed by atoms with Gasteiger partial charge >= 0.3 is 0 Å². The number of carbonyl (C=O) groups excluding carboxylic acids is 2. The van der Waals surface area contributed by atoms with Gasteiger partial charge in [0.15, 0.2) is 0 Å². The van der Waals surface area contributed by atoms with Gasteiger partial charge in [0.05, 0.1) is 30.9 Å². The molecule has 0 aliphatic carbocycles. The van der Waals surface area contributed by atoms with Crippen molar-refractivity contribution in [1.82, 2.24) is 9.80 Å². The molecule has 7 heteroatoms. The van der Waals surface area contributed by atoms with Crippen molar-refractivity contribution >= 4 is 17.4 Å². The Labute approximate surface area is 213 Å². The van der Waals surface area contributed by atoms with Gasteiger partial charge in [-0.2, -0.15) is 0 Å². The summed E-state index contributed by atoms with van der Waals surface area (Å²) < 4.78 is 11.1. The summed E-state index contributed by atoms with van der Waals surface area (Å²) in [5, 5.41) is 11.3. The number of ketones is 1. The van der Waals surface area contributed by atoms with Gasteiger partial charge in [-0.15, -0.1) is 0 Å². The molecule has 2 saturated heterocycles. The maximum atomic E-state index is 13.3. The first kappa shape index (κ1) is 25.9. The Bertz CT molecular complexity index is 1100. The second kappa shape index (κ2) is 11.3. The Balaban J connectivity index is 1.70. The van der Waals surface area contributed by atoms with Gasteiger partial charge in [0.2, 0.25) is 0 Å². The first-order valence-electron chi connectivity index (χ1n) is 12.7. The minimum Gasteiger partial charge on any atom is -0.507 e. The second-order valence-electron chi connectivity index (χ2n) is 9.96. The molecule has 1 N–H and O–H groups in total. The van der Waals surface area contributed by atoms with Crippen LogP contribution in [0, 0.1) is 0 Å². The minimum absolute atomic E-state index is 0.0232. The zero-order valence-corrected chi connectivity index (χ0v) is 21.6. The van der Waals surface area contributed by atoms with Crippen LogP contribution in [0.25, 0.3) is 5.76 Å². The number of hydrogen-bond donors (Lipinski definition) is 1. The molecule has 0 unspecified atom stereocenters. The maximum Gasteiger partial charge on any atom is 0.295 e. The van der Waals surface area contributed by atoms with Gasteiger partial charge in [0, 0.05) is 31.7 Å². The molecule has 2 fully saturated rings. The summed E-state index contributed by atoms with van der Waals surface area (Å²) in [4.78, 5) is 30.3. The van der Waals surface area contributed by atoms with Crippen LogP contribution in [0.4, 0.5) is 0 Å². The Morgan fingerprint density at radius 2 is 1.61 bits per heavy atom. The molecule has 0 bridgehead atoms. The molecular weight excluding hydrogens is 456 g/mol. The molecule has 1 amide bonds. The van der Waals surface area contributed by atoms with Crippen molar-refractivity contribution in [3.05, 3.63) is 70.8 Å². The van der Waals surface area contributed by atoms with E-state index in [9.17, 15) is 14.7 Å². The fourth-order valence-electron chi connectivity index (χ4n) is 4.71. The molecule has 2 aliphatic heterocycles. The molecule has 2 aliphatic rings. The number of carbonyl (C=O) groups is 2. The standard InChI is InChI=1S/C29H36N2O5/c1-19(2)21-5-7-22(8-6-21)26-25(27(32)23-9-11-24(12-10-23)36-20(3)4)28(33)29(34)31(26)14-13-30-15-17-35-18-16-30/h5-12,19-20,26,32H,13-18H2,1-4H3/t26-/m1/s1. The molecule has 2 aromatic carbocycles. The highest BCUT2D eigenvalue weighted by Crippen LogP contribution is 2.39. The van der Waals surface area contributed by atoms with E-state index in [2.05, 4.69) is 18.7 Å². The van der Waals surface area contributed by atoms with Gasteiger partial charge in [-0.25, -0.2) is 0 Å². The lowest BCUT2D eigenvalue weighted by molar-refractivity contribution is -0.140. The van der Waals surface area contributed by atoms with Crippen LogP contribution < -0.4 is 4.74 Å². The molecule has 0 radical (unpaired) electrons. The molecule has 4 rings (SSSR count). The van der Waals surface area contributed by atoms with Crippen LogP contribution in [-0.2, 0) is 14.3 Å². The molecule has 0 saturated carbocycles. The van der Waals surface area contributed by atoms with E-state index < -0.39 is 17.7 Å². The molecule has 0 spiro atoms. The number of benzene rings is 2. The van der Waals surface area contributed by atoms with Crippen LogP contribution >= 0.6 is 0 Å². The number of likely N-dealkylation sites (tertiary alicyclic amines) is 1. The number of rotatable bonds is 8. The van der Waals surface area contributed by atoms with Gasteiger partial charge in [-0.05, 0) is 55.2 Å². The first-order valence-corrected chi connectivity index (χ1v) is 12.7. The Morgan fingerprint density at radius 3 is 2.19 bits per heavy atom. The van der Waals surface area contributed by atoms with Crippen LogP contribution in [0.1, 0.15) is 56.3 Å². The molecule has 192 valence electrons. The third-order valence-corrected chi connectivity index (χ3v) is 6.72. The predicted molar refractivity (Wildman–Crippen MR) is 139 cm³/mol. The van der Waals surface area contributed by atoms with E-state index in [0.29, 0.717) is 43.5 Å². The Hall–Kier alpha value is -3.16. The molecule has 7 nitrogen and oxygen atoms in total. The number of aliphatic hydroxyl groups excluding tert-OH is 1. The van der Waals surface area contributed by atoms with Crippen LogP contribution in [0.2, 0.25) is 0 Å². The lowest BCUT2D eigenvalue weighted by Crippen LogP contribution is -2.42. The van der Waals surface area contributed by atoms with Crippen molar-refractivity contribution < 1.29 is 24.2 Å². The SMILES string of the molecule is CC(C)Oc1ccc(C(O)=C2C(=O)C(=O)N(CCN3CCOCC3)[C@@H]2c2ccc(C(C)C)cc2)cc1. The third-order valence-electron chi connectivity index (χ3n) is 6.72. The summed E-state index contributed by atoms with van der Waals surface area (Å²) in [6.45, 7) is 12.1. The molecule has 2 heterocycles. The fraction of sp³-hybridized carbons (Fsp3) is 0.448. The van der Waals surface area contributed by atoms with E-state index in [1.807, 2.05) is 38.1 Å². The molecule has 0 aromatic heterocycles. The van der Waals surface area contributed by atoms with E-state index in [0.717, 1.165) is 18.7 Å². The number of Topliss-reactive ketones (excluding diaryl/α,β-unsaturated/α-hetero) is 1. The molecule has 1 atom stereocenters. The average Bonchev–Trinajstić information content (AvgIpc) is 3.12. The van der Waals surface area contributed by atoms with Crippen LogP contribution in [-0.4, -0.2) is 72.1 Å². The van der Waals surface area contributed by atoms with Crippen molar-refractivity contribution in [2.75, 3.05) is 39.4 Å². The summed E-state index contributed by atoms with van der Waals surface area (Å²) in [6, 6.07) is 14.3. The lowest BCUT2D eigenvalue weighted by Gasteiger charge is -2.31. The van der Waals surface area contributed by atoms with Crippen molar-refractivity contribution in [3.8, 4) is 5.75 Å². The molecule has 2 aromatic rings. The number of amides is 1. The quantitative estimate of drug-likeness (QED) is 0.335. The Morgan fingerprint density at radius 1 is 0.972 bits per heavy atom. The summed E-state index contributed by atoms with van der Waals surface area (Å²) in [5.74, 6) is -0.375. The monoisotopic (exact) mass is 492 g/mol. The zero-order valence-electron chi connectivity index (χ0n) is 21.6. The smallest absolute Gasteiger partial charge is 0.295 e. The summed E-state index contributed by atoms with van der Waals surface area (Å²) in [7, 11) is 0. The molecule has 36 heavy (non-hydrogen) atoms. The van der Waals surface area contributed by atoms with Crippen LogP contribution in [0.5, 0.6) is 5.75 Å². The van der Waals surface area contributed by atoms with Gasteiger partial charge in [-0.3, -0.25) is 14.5 Å². The zero-order chi connectivity index (χ0) is 25.8. The number of hydrogen-bond acceptors (Lipinski definition) is 6. The maximum absolute atomic E-state index is 13.3. The van der Waals surface area contributed by atoms with Crippen LogP contribution in [0.15, 0.2) is 54.1 Å². The first-order chi connectivity index (χ1) is 17.3. The number of morpholine rings is 1. The Kier molecular flexibility index (Phi) is 8.11. The molecular formula is C29H36N2O5. The largest absolute Gasteiger partial charge is 0.507 e. The van der Waals surface area contributed by atoms with Crippen LogP contribution in [0.3, 0.4) is 0 Å². The van der Waals surface area contributed by atoms with Crippen molar-refractivity contribution in [2.24, 2.45) is 0 Å².